The molecule has 1 aliphatic rings. The number of anilines is 1. The van der Waals surface area contributed by atoms with Crippen LogP contribution < -0.4 is 5.73 Å². The third-order valence-corrected chi connectivity index (χ3v) is 4.59. The number of fused-ring (bicyclic) bond motifs is 1. The molecule has 0 bridgehead atoms. The Morgan fingerprint density at radius 2 is 1.92 bits per heavy atom. The molecule has 1 fully saturated rings. The molecule has 0 aliphatic carbocycles. The van der Waals surface area contributed by atoms with Crippen LogP contribution in [0, 0.1) is 5.82 Å². The lowest BCUT2D eigenvalue weighted by Gasteiger charge is -2.17. The number of hydrogen-bond donors (Lipinski definition) is 4. The van der Waals surface area contributed by atoms with Gasteiger partial charge in [-0.15, -0.1) is 0 Å². The number of rotatable bonds is 3. The number of nitrogen functional groups attached to an aromatic ring is 1. The second-order valence-corrected chi connectivity index (χ2v) is 6.12. The highest BCUT2D eigenvalue weighted by Gasteiger charge is 2.44. The average Bonchev–Trinajstić information content (AvgIpc) is 3.15. The van der Waals surface area contributed by atoms with Crippen LogP contribution in [0.25, 0.3) is 22.2 Å². The molecule has 9 heteroatoms. The molecule has 0 amide bonds. The van der Waals surface area contributed by atoms with Gasteiger partial charge in [-0.05, 0) is 6.07 Å². The van der Waals surface area contributed by atoms with Crippen molar-refractivity contribution in [2.75, 3.05) is 12.3 Å². The first-order valence-corrected chi connectivity index (χ1v) is 8.01. The molecule has 0 radical (unpaired) electrons. The Labute approximate surface area is 147 Å². The fourth-order valence-corrected chi connectivity index (χ4v) is 3.30. The number of nitrogens with two attached hydrogens (primary N) is 1. The van der Waals surface area contributed by atoms with E-state index in [-0.39, 0.29) is 5.82 Å². The largest absolute Gasteiger partial charge is 0.394 e. The lowest BCUT2D eigenvalue weighted by Crippen LogP contribution is -2.33. The van der Waals surface area contributed by atoms with Gasteiger partial charge in [0, 0.05) is 17.3 Å². The van der Waals surface area contributed by atoms with Crippen molar-refractivity contribution in [3.63, 3.8) is 0 Å². The highest BCUT2D eigenvalue weighted by molar-refractivity contribution is 6.00. The van der Waals surface area contributed by atoms with Gasteiger partial charge in [0.05, 0.1) is 12.0 Å². The monoisotopic (exact) mass is 360 g/mol. The number of nitrogens with zero attached hydrogens (tertiary/aromatic N) is 3. The SMILES string of the molecule is Nc1ncnc2c1c(-c1ccccc1F)cn2[C@@H]1O[C@H](CO)[C@@H](O)[C@H]1O. The van der Waals surface area contributed by atoms with Crippen LogP contribution in [0.5, 0.6) is 0 Å². The molecule has 1 aromatic carbocycles. The van der Waals surface area contributed by atoms with Crippen LogP contribution in [0.2, 0.25) is 0 Å². The Morgan fingerprint density at radius 1 is 1.15 bits per heavy atom. The number of hydrogen-bond acceptors (Lipinski definition) is 7. The zero-order valence-corrected chi connectivity index (χ0v) is 13.5. The van der Waals surface area contributed by atoms with Crippen LogP contribution in [0.1, 0.15) is 6.23 Å². The summed E-state index contributed by atoms with van der Waals surface area (Å²) in [5.74, 6) is -0.297. The number of aromatic nitrogens is 3. The molecule has 4 rings (SSSR count). The molecular weight excluding hydrogens is 343 g/mol. The van der Waals surface area contributed by atoms with Gasteiger partial charge < -0.3 is 30.4 Å². The molecule has 8 nitrogen and oxygen atoms in total. The molecule has 0 saturated carbocycles. The molecule has 0 spiro atoms. The summed E-state index contributed by atoms with van der Waals surface area (Å²) >= 11 is 0. The standard InChI is InChI=1S/C17H17FN4O4/c18-10-4-2-1-3-8(10)9-5-22(16-12(9)15(19)20-7-21-16)17-14(25)13(24)11(6-23)26-17/h1-5,7,11,13-14,17,23-25H,6H2,(H2,19,20,21)/t11-,13-,14-,17-/m1/s1. The van der Waals surface area contributed by atoms with Gasteiger partial charge in [0.15, 0.2) is 6.23 Å². The van der Waals surface area contributed by atoms with E-state index in [2.05, 4.69) is 9.97 Å². The molecule has 4 atom stereocenters. The smallest absolute Gasteiger partial charge is 0.164 e. The lowest BCUT2D eigenvalue weighted by atomic mass is 10.1. The van der Waals surface area contributed by atoms with Gasteiger partial charge in [-0.2, -0.15) is 0 Å². The highest BCUT2D eigenvalue weighted by atomic mass is 19.1. The van der Waals surface area contributed by atoms with Gasteiger partial charge in [-0.25, -0.2) is 14.4 Å². The maximum Gasteiger partial charge on any atom is 0.164 e. The number of aliphatic hydroxyl groups is 3. The van der Waals surface area contributed by atoms with Crippen LogP contribution in [-0.2, 0) is 4.74 Å². The van der Waals surface area contributed by atoms with Crippen molar-refractivity contribution in [3.8, 4) is 11.1 Å². The van der Waals surface area contributed by atoms with Gasteiger partial charge >= 0.3 is 0 Å². The van der Waals surface area contributed by atoms with E-state index in [0.29, 0.717) is 22.2 Å². The lowest BCUT2D eigenvalue weighted by molar-refractivity contribution is -0.0508. The summed E-state index contributed by atoms with van der Waals surface area (Å²) in [6.07, 6.45) is -1.72. The minimum absolute atomic E-state index is 0.152. The van der Waals surface area contributed by atoms with E-state index < -0.39 is 37.0 Å². The molecule has 2 aromatic heterocycles. The second-order valence-electron chi connectivity index (χ2n) is 6.12. The Bertz CT molecular complexity index is 963. The summed E-state index contributed by atoms with van der Waals surface area (Å²) in [5.41, 5.74) is 7.05. The fourth-order valence-electron chi connectivity index (χ4n) is 3.30. The van der Waals surface area contributed by atoms with Gasteiger partial charge in [0.2, 0.25) is 0 Å². The number of halogens is 1. The summed E-state index contributed by atoms with van der Waals surface area (Å²) < 4.78 is 21.4. The van der Waals surface area contributed by atoms with Gasteiger partial charge in [0.25, 0.3) is 0 Å². The van der Waals surface area contributed by atoms with E-state index in [4.69, 9.17) is 10.5 Å². The minimum Gasteiger partial charge on any atom is -0.394 e. The normalized spacial score (nSPS) is 25.8. The average molecular weight is 360 g/mol. The first-order chi connectivity index (χ1) is 12.5. The molecule has 3 heterocycles. The molecule has 0 unspecified atom stereocenters. The van der Waals surface area contributed by atoms with E-state index in [9.17, 15) is 19.7 Å². The second kappa shape index (κ2) is 6.29. The van der Waals surface area contributed by atoms with Gasteiger partial charge in [-0.1, -0.05) is 18.2 Å². The van der Waals surface area contributed by atoms with Crippen LogP contribution in [0.4, 0.5) is 10.2 Å². The van der Waals surface area contributed by atoms with Gasteiger partial charge in [-0.3, -0.25) is 0 Å². The summed E-state index contributed by atoms with van der Waals surface area (Å²) in [6.45, 7) is -0.453. The number of benzene rings is 1. The molecule has 26 heavy (non-hydrogen) atoms. The third-order valence-electron chi connectivity index (χ3n) is 4.59. The summed E-state index contributed by atoms with van der Waals surface area (Å²) in [6, 6.07) is 6.18. The minimum atomic E-state index is -1.30. The zero-order valence-electron chi connectivity index (χ0n) is 13.5. The summed E-state index contributed by atoms with van der Waals surface area (Å²) in [7, 11) is 0. The van der Waals surface area contributed by atoms with Crippen molar-refractivity contribution in [1.82, 2.24) is 14.5 Å². The quantitative estimate of drug-likeness (QED) is 0.533. The number of aliphatic hydroxyl groups excluding tert-OH is 3. The zero-order chi connectivity index (χ0) is 18.4. The molecular formula is C17H17FN4O4. The maximum absolute atomic E-state index is 14.3. The van der Waals surface area contributed by atoms with Crippen LogP contribution in [0.15, 0.2) is 36.8 Å². The van der Waals surface area contributed by atoms with Crippen molar-refractivity contribution in [1.29, 1.82) is 0 Å². The van der Waals surface area contributed by atoms with Crippen LogP contribution in [0.3, 0.4) is 0 Å². The number of ether oxygens (including phenoxy) is 1. The summed E-state index contributed by atoms with van der Waals surface area (Å²) in [4.78, 5) is 8.15. The Kier molecular flexibility index (Phi) is 4.08. The van der Waals surface area contributed by atoms with Crippen molar-refractivity contribution in [2.45, 2.75) is 24.5 Å². The first kappa shape index (κ1) is 16.9. The van der Waals surface area contributed by atoms with Crippen LogP contribution >= 0.6 is 0 Å². The first-order valence-electron chi connectivity index (χ1n) is 8.01. The van der Waals surface area contributed by atoms with Gasteiger partial charge in [0.1, 0.15) is 41.9 Å². The predicted molar refractivity (Wildman–Crippen MR) is 90.3 cm³/mol. The van der Waals surface area contributed by atoms with E-state index in [1.54, 1.807) is 24.4 Å². The molecule has 1 saturated heterocycles. The molecule has 136 valence electrons. The summed E-state index contributed by atoms with van der Waals surface area (Å²) in [5, 5.41) is 30.0. The molecule has 1 aliphatic heterocycles. The van der Waals surface area contributed by atoms with Crippen LogP contribution in [-0.4, -0.2) is 54.8 Å². The van der Waals surface area contributed by atoms with E-state index >= 15 is 0 Å². The van der Waals surface area contributed by atoms with Crippen molar-refractivity contribution in [3.05, 3.63) is 42.6 Å². The predicted octanol–water partition coefficient (Wildman–Crippen LogP) is 0.431. The van der Waals surface area contributed by atoms with Crippen molar-refractivity contribution >= 4 is 16.9 Å². The van der Waals surface area contributed by atoms with E-state index in [1.165, 1.54) is 17.0 Å². The Balaban J connectivity index is 1.93. The third kappa shape index (κ3) is 2.44. The Hall–Kier alpha value is -2.59. The maximum atomic E-state index is 14.3. The van der Waals surface area contributed by atoms with Crippen molar-refractivity contribution < 1.29 is 24.4 Å². The highest BCUT2D eigenvalue weighted by Crippen LogP contribution is 2.38. The van der Waals surface area contributed by atoms with Crippen molar-refractivity contribution in [2.24, 2.45) is 0 Å². The van der Waals surface area contributed by atoms with E-state index in [1.807, 2.05) is 0 Å². The fraction of sp³-hybridized carbons (Fsp3) is 0.294. The van der Waals surface area contributed by atoms with E-state index in [0.717, 1.165) is 0 Å². The topological polar surface area (TPSA) is 127 Å². The Morgan fingerprint density at radius 3 is 2.62 bits per heavy atom. The molecule has 5 N–H and O–H groups in total. The molecule has 3 aromatic rings.